The normalized spacial score (nSPS) is 18.6. The average molecular weight is 552 g/mol. The maximum absolute atomic E-state index is 15.2. The monoisotopic (exact) mass is 551 g/mol. The Bertz CT molecular complexity index is 1560. The predicted octanol–water partition coefficient (Wildman–Crippen LogP) is 5.28. The van der Waals surface area contributed by atoms with Crippen molar-refractivity contribution in [3.8, 4) is 5.75 Å². The third-order valence-electron chi connectivity index (χ3n) is 7.95. The molecule has 1 spiro atoms. The van der Waals surface area contributed by atoms with Crippen LogP contribution in [0.15, 0.2) is 58.4 Å². The Morgan fingerprint density at radius 2 is 1.82 bits per heavy atom. The molecule has 6 rings (SSSR count). The molecule has 1 unspecified atom stereocenters. The van der Waals surface area contributed by atoms with E-state index in [-0.39, 0.29) is 28.5 Å². The van der Waals surface area contributed by atoms with E-state index in [1.807, 2.05) is 29.3 Å². The first kappa shape index (κ1) is 25.6. The van der Waals surface area contributed by atoms with Gasteiger partial charge in [-0.15, -0.1) is 11.8 Å². The minimum absolute atomic E-state index is 0.00488. The second kappa shape index (κ2) is 9.51. The van der Waals surface area contributed by atoms with Gasteiger partial charge in [-0.3, -0.25) is 19.3 Å². The number of rotatable bonds is 4. The molecule has 0 N–H and O–H groups in total. The van der Waals surface area contributed by atoms with E-state index in [0.29, 0.717) is 38.0 Å². The van der Waals surface area contributed by atoms with E-state index in [1.54, 1.807) is 24.6 Å². The molecule has 1 aliphatic carbocycles. The smallest absolute Gasteiger partial charge is 0.404 e. The van der Waals surface area contributed by atoms with Crippen LogP contribution in [0.3, 0.4) is 0 Å². The third kappa shape index (κ3) is 4.04. The summed E-state index contributed by atoms with van der Waals surface area (Å²) in [7, 11) is 0. The van der Waals surface area contributed by atoms with Crippen LogP contribution in [0, 0.1) is 17.0 Å². The SMILES string of the molecule is CCN(CC)C(=O)Oc1c2n(ccc1=O)N(C1c3ccccc3SCc3c1ccc(F)c3F)CC1(CC1)C2=O. The number of ketones is 1. The van der Waals surface area contributed by atoms with Crippen molar-refractivity contribution in [1.29, 1.82) is 0 Å². The Hall–Kier alpha value is -3.66. The highest BCUT2D eigenvalue weighted by atomic mass is 32.2. The zero-order valence-electron chi connectivity index (χ0n) is 21.6. The molecule has 0 saturated heterocycles. The summed E-state index contributed by atoms with van der Waals surface area (Å²) in [4.78, 5) is 42.1. The first-order chi connectivity index (χ1) is 18.8. The van der Waals surface area contributed by atoms with Gasteiger partial charge < -0.3 is 9.64 Å². The van der Waals surface area contributed by atoms with Gasteiger partial charge in [0.15, 0.2) is 23.1 Å². The molecule has 2 aromatic carbocycles. The molecule has 1 fully saturated rings. The Balaban J connectivity index is 1.57. The summed E-state index contributed by atoms with van der Waals surface area (Å²) in [6.07, 6.45) is 2.02. The van der Waals surface area contributed by atoms with Crippen LogP contribution >= 0.6 is 11.8 Å². The summed E-state index contributed by atoms with van der Waals surface area (Å²) >= 11 is 1.43. The Morgan fingerprint density at radius 1 is 1.08 bits per heavy atom. The summed E-state index contributed by atoms with van der Waals surface area (Å²) in [5, 5.41) is 1.93. The van der Waals surface area contributed by atoms with Crippen LogP contribution in [0.1, 0.15) is 59.9 Å². The van der Waals surface area contributed by atoms with Crippen molar-refractivity contribution in [2.45, 2.75) is 43.4 Å². The third-order valence-corrected chi connectivity index (χ3v) is 9.06. The second-order valence-corrected chi connectivity index (χ2v) is 11.1. The number of ether oxygens (including phenoxy) is 1. The maximum Gasteiger partial charge on any atom is 0.415 e. The lowest BCUT2D eigenvalue weighted by atomic mass is 9.89. The highest BCUT2D eigenvalue weighted by Crippen LogP contribution is 2.54. The predicted molar refractivity (Wildman–Crippen MR) is 143 cm³/mol. The number of fused-ring (bicyclic) bond motifs is 3. The molecule has 0 bridgehead atoms. The number of Topliss-reactive ketones (excluding diaryl/α,β-unsaturated/α-hetero) is 1. The summed E-state index contributed by atoms with van der Waals surface area (Å²) in [5.41, 5.74) is 0.408. The fourth-order valence-corrected chi connectivity index (χ4v) is 6.73. The maximum atomic E-state index is 15.2. The molecule has 3 aromatic rings. The molecule has 1 aromatic heterocycles. The van der Waals surface area contributed by atoms with E-state index in [4.69, 9.17) is 4.74 Å². The lowest BCUT2D eigenvalue weighted by Gasteiger charge is -2.43. The zero-order chi connectivity index (χ0) is 27.5. The van der Waals surface area contributed by atoms with Gasteiger partial charge >= 0.3 is 6.09 Å². The van der Waals surface area contributed by atoms with Gasteiger partial charge in [0.1, 0.15) is 0 Å². The van der Waals surface area contributed by atoms with Crippen LogP contribution in [0.4, 0.5) is 13.6 Å². The Kier molecular flexibility index (Phi) is 6.25. The lowest BCUT2D eigenvalue weighted by Crippen LogP contribution is -2.52. The molecular formula is C29H27F2N3O4S. The lowest BCUT2D eigenvalue weighted by molar-refractivity contribution is 0.0855. The Labute approximate surface area is 228 Å². The minimum atomic E-state index is -0.916. The molecule has 2 aliphatic heterocycles. The van der Waals surface area contributed by atoms with Crippen molar-refractivity contribution < 1.29 is 23.1 Å². The molecular weight excluding hydrogens is 524 g/mol. The van der Waals surface area contributed by atoms with E-state index < -0.39 is 34.6 Å². The van der Waals surface area contributed by atoms with Gasteiger partial charge in [-0.05, 0) is 49.9 Å². The van der Waals surface area contributed by atoms with Crippen LogP contribution in [0.2, 0.25) is 0 Å². The van der Waals surface area contributed by atoms with Crippen LogP contribution in [-0.4, -0.2) is 41.1 Å². The van der Waals surface area contributed by atoms with E-state index in [1.165, 1.54) is 28.9 Å². The quantitative estimate of drug-likeness (QED) is 0.440. The second-order valence-electron chi connectivity index (χ2n) is 10.1. The van der Waals surface area contributed by atoms with Gasteiger partial charge in [-0.2, -0.15) is 0 Å². The number of carbonyl (C=O) groups is 2. The minimum Gasteiger partial charge on any atom is -0.404 e. The van der Waals surface area contributed by atoms with Gasteiger partial charge in [0.2, 0.25) is 11.2 Å². The van der Waals surface area contributed by atoms with Crippen molar-refractivity contribution >= 4 is 23.6 Å². The van der Waals surface area contributed by atoms with E-state index >= 15 is 4.39 Å². The molecule has 1 amide bonds. The molecule has 10 heteroatoms. The molecule has 3 aliphatic rings. The standard InChI is InChI=1S/C29H27F2N3O4S/c1-3-32(4-2)28(37)38-26-21(35)11-14-33-25(26)27(36)29(12-13-29)16-34(33)24-17-9-10-20(30)23(31)19(17)15-39-22-8-6-5-7-18(22)24/h5-11,14,24H,3-4,12-13,15-16H2,1-2H3. The zero-order valence-corrected chi connectivity index (χ0v) is 22.4. The van der Waals surface area contributed by atoms with Crippen molar-refractivity contribution in [3.63, 3.8) is 0 Å². The Morgan fingerprint density at radius 3 is 2.54 bits per heavy atom. The summed E-state index contributed by atoms with van der Waals surface area (Å²) in [6.45, 7) is 4.67. The van der Waals surface area contributed by atoms with E-state index in [2.05, 4.69) is 0 Å². The van der Waals surface area contributed by atoms with Gasteiger partial charge in [0, 0.05) is 48.1 Å². The molecule has 39 heavy (non-hydrogen) atoms. The number of thioether (sulfide) groups is 1. The fourth-order valence-electron chi connectivity index (χ4n) is 5.61. The number of amides is 1. The van der Waals surface area contributed by atoms with Crippen LogP contribution < -0.4 is 15.2 Å². The summed E-state index contributed by atoms with van der Waals surface area (Å²) < 4.78 is 36.7. The molecule has 1 atom stereocenters. The number of nitrogens with zero attached hydrogens (tertiary/aromatic N) is 3. The molecule has 202 valence electrons. The van der Waals surface area contributed by atoms with Gasteiger partial charge in [-0.1, -0.05) is 24.3 Å². The number of aromatic nitrogens is 1. The van der Waals surface area contributed by atoms with Crippen molar-refractivity contribution in [2.75, 3.05) is 24.6 Å². The highest BCUT2D eigenvalue weighted by molar-refractivity contribution is 7.98. The van der Waals surface area contributed by atoms with Gasteiger partial charge in [0.25, 0.3) is 0 Å². The topological polar surface area (TPSA) is 71.8 Å². The molecule has 7 nitrogen and oxygen atoms in total. The first-order valence-corrected chi connectivity index (χ1v) is 14.0. The average Bonchev–Trinajstić information content (AvgIpc) is 3.73. The largest absolute Gasteiger partial charge is 0.415 e. The molecule has 3 heterocycles. The number of pyridine rings is 1. The molecule has 0 radical (unpaired) electrons. The van der Waals surface area contributed by atoms with Crippen LogP contribution in [-0.2, 0) is 5.75 Å². The van der Waals surface area contributed by atoms with Crippen molar-refractivity contribution in [1.82, 2.24) is 9.58 Å². The number of carbonyl (C=O) groups excluding carboxylic acids is 2. The van der Waals surface area contributed by atoms with E-state index in [0.717, 1.165) is 16.5 Å². The van der Waals surface area contributed by atoms with Gasteiger partial charge in [0.05, 0.1) is 11.5 Å². The van der Waals surface area contributed by atoms with Gasteiger partial charge in [-0.25, -0.2) is 13.6 Å². The van der Waals surface area contributed by atoms with E-state index in [9.17, 15) is 18.8 Å². The summed E-state index contributed by atoms with van der Waals surface area (Å²) in [5.74, 6) is -2.12. The van der Waals surface area contributed by atoms with Crippen molar-refractivity contribution in [2.24, 2.45) is 5.41 Å². The highest BCUT2D eigenvalue weighted by Gasteiger charge is 2.57. The molecule has 1 saturated carbocycles. The number of halogens is 2. The number of hydrogen-bond donors (Lipinski definition) is 0. The number of hydrogen-bond acceptors (Lipinski definition) is 6. The van der Waals surface area contributed by atoms with Crippen molar-refractivity contribution in [3.05, 3.63) is 92.9 Å². The number of benzene rings is 2. The fraction of sp³-hybridized carbons (Fsp3) is 0.345. The first-order valence-electron chi connectivity index (χ1n) is 13.0. The van der Waals surface area contributed by atoms with Crippen LogP contribution in [0.5, 0.6) is 5.75 Å². The summed E-state index contributed by atoms with van der Waals surface area (Å²) in [6, 6.07) is 11.1. The van der Waals surface area contributed by atoms with Crippen LogP contribution in [0.25, 0.3) is 0 Å².